The lowest BCUT2D eigenvalue weighted by atomic mass is 9.97. The molecule has 1 aromatic heterocycles. The average molecular weight is 492 g/mol. The van der Waals surface area contributed by atoms with Crippen molar-refractivity contribution in [3.8, 4) is 32.8 Å². The Morgan fingerprint density at radius 1 is 1.34 bits per heavy atom. The smallest absolute Gasteiger partial charge is 0.321 e. The highest BCUT2D eigenvalue weighted by atomic mass is 32.1. The van der Waals surface area contributed by atoms with E-state index in [1.165, 1.54) is 0 Å². The number of hydrogen-bond acceptors (Lipinski definition) is 7. The molecule has 2 aromatic carbocycles. The molecule has 0 amide bonds. The van der Waals surface area contributed by atoms with E-state index in [1.54, 1.807) is 11.3 Å². The van der Waals surface area contributed by atoms with E-state index in [0.29, 0.717) is 24.4 Å². The second-order valence-corrected chi connectivity index (χ2v) is 10.0. The van der Waals surface area contributed by atoms with Crippen molar-refractivity contribution in [3.63, 3.8) is 0 Å². The molecule has 2 N–H and O–H groups in total. The van der Waals surface area contributed by atoms with E-state index in [0.717, 1.165) is 38.6 Å². The number of carbonyl (C=O) groups is 1. The van der Waals surface area contributed by atoms with Gasteiger partial charge >= 0.3 is 5.97 Å². The van der Waals surface area contributed by atoms with Crippen LogP contribution in [0.1, 0.15) is 43.9 Å². The fourth-order valence-electron chi connectivity index (χ4n) is 4.60. The van der Waals surface area contributed by atoms with Gasteiger partial charge in [0.25, 0.3) is 0 Å². The number of thiazole rings is 1. The number of hydrogen-bond donors (Lipinski definition) is 2. The number of aromatic nitrogens is 1. The first-order chi connectivity index (χ1) is 16.8. The molecule has 2 atom stereocenters. The topological polar surface area (TPSA) is 107 Å². The van der Waals surface area contributed by atoms with Gasteiger partial charge in [-0.25, -0.2) is 4.98 Å². The summed E-state index contributed by atoms with van der Waals surface area (Å²) in [6.07, 6.45) is 2.24. The van der Waals surface area contributed by atoms with Crippen LogP contribution >= 0.6 is 11.3 Å². The van der Waals surface area contributed by atoms with Crippen LogP contribution in [0.25, 0.3) is 21.0 Å². The highest BCUT2D eigenvalue weighted by molar-refractivity contribution is 7.18. The first-order valence-corrected chi connectivity index (χ1v) is 12.5. The van der Waals surface area contributed by atoms with Crippen LogP contribution in [0.2, 0.25) is 0 Å². The van der Waals surface area contributed by atoms with Crippen molar-refractivity contribution >= 4 is 17.3 Å². The molecule has 4 rings (SSSR count). The van der Waals surface area contributed by atoms with Crippen LogP contribution in [0.3, 0.4) is 0 Å². The fraction of sp³-hybridized carbons (Fsp3) is 0.370. The number of carboxylic acids is 1. The molecule has 1 saturated heterocycles. The van der Waals surface area contributed by atoms with Crippen molar-refractivity contribution in [2.75, 3.05) is 6.54 Å². The number of rotatable bonds is 8. The normalized spacial score (nSPS) is 18.1. The van der Waals surface area contributed by atoms with Crippen LogP contribution < -0.4 is 4.74 Å². The van der Waals surface area contributed by atoms with Crippen molar-refractivity contribution in [2.45, 2.75) is 58.4 Å². The summed E-state index contributed by atoms with van der Waals surface area (Å²) in [7, 11) is 0. The van der Waals surface area contributed by atoms with Gasteiger partial charge in [-0.05, 0) is 55.2 Å². The zero-order valence-electron chi connectivity index (χ0n) is 20.1. The largest absolute Gasteiger partial charge is 0.490 e. The predicted octanol–water partition coefficient (Wildman–Crippen LogP) is 4.72. The molecule has 0 bridgehead atoms. The van der Waals surface area contributed by atoms with Crippen LogP contribution in [0.5, 0.6) is 5.75 Å². The summed E-state index contributed by atoms with van der Waals surface area (Å²) in [6, 6.07) is 13.2. The van der Waals surface area contributed by atoms with E-state index in [9.17, 15) is 20.3 Å². The highest BCUT2D eigenvalue weighted by Gasteiger charge is 2.36. The van der Waals surface area contributed by atoms with Crippen molar-refractivity contribution in [1.82, 2.24) is 9.88 Å². The highest BCUT2D eigenvalue weighted by Crippen LogP contribution is 2.37. The van der Waals surface area contributed by atoms with Crippen molar-refractivity contribution in [2.24, 2.45) is 0 Å². The van der Waals surface area contributed by atoms with Gasteiger partial charge in [0.15, 0.2) is 0 Å². The molecule has 0 unspecified atom stereocenters. The number of nitrogens with zero attached hydrogens (tertiary/aromatic N) is 3. The molecule has 0 aliphatic carbocycles. The molecule has 1 aliphatic heterocycles. The van der Waals surface area contributed by atoms with Gasteiger partial charge in [0.05, 0.1) is 22.6 Å². The molecule has 0 radical (unpaired) electrons. The molecular weight excluding hydrogens is 462 g/mol. The Morgan fingerprint density at radius 2 is 2.14 bits per heavy atom. The Labute approximate surface area is 209 Å². The molecule has 182 valence electrons. The molecule has 0 spiro atoms. The molecular formula is C27H29N3O4S. The Kier molecular flexibility index (Phi) is 7.51. The first kappa shape index (κ1) is 24.9. The van der Waals surface area contributed by atoms with Crippen molar-refractivity contribution < 1.29 is 19.7 Å². The van der Waals surface area contributed by atoms with Gasteiger partial charge in [0.2, 0.25) is 0 Å². The van der Waals surface area contributed by atoms with E-state index < -0.39 is 18.1 Å². The van der Waals surface area contributed by atoms with E-state index in [4.69, 9.17) is 4.74 Å². The molecule has 8 heteroatoms. The summed E-state index contributed by atoms with van der Waals surface area (Å²) in [5.74, 6) is -0.333. The summed E-state index contributed by atoms with van der Waals surface area (Å²) < 4.78 is 5.73. The molecule has 35 heavy (non-hydrogen) atoms. The van der Waals surface area contributed by atoms with Gasteiger partial charge in [-0.3, -0.25) is 9.69 Å². The summed E-state index contributed by atoms with van der Waals surface area (Å²) in [5, 5.41) is 30.0. The predicted molar refractivity (Wildman–Crippen MR) is 135 cm³/mol. The van der Waals surface area contributed by atoms with Gasteiger partial charge in [-0.15, -0.1) is 11.3 Å². The minimum atomic E-state index is -0.899. The van der Waals surface area contributed by atoms with Gasteiger partial charge < -0.3 is 14.9 Å². The van der Waals surface area contributed by atoms with Crippen molar-refractivity contribution in [3.05, 3.63) is 59.3 Å². The number of ether oxygens (including phenoxy) is 1. The lowest BCUT2D eigenvalue weighted by Gasteiger charge is -2.23. The molecule has 0 saturated carbocycles. The molecule has 1 aliphatic rings. The third-order valence-electron chi connectivity index (χ3n) is 6.15. The minimum Gasteiger partial charge on any atom is -0.490 e. The van der Waals surface area contributed by atoms with Gasteiger partial charge in [-0.1, -0.05) is 25.1 Å². The quantitative estimate of drug-likeness (QED) is 0.470. The Balaban J connectivity index is 1.63. The molecule has 7 nitrogen and oxygen atoms in total. The van der Waals surface area contributed by atoms with E-state index in [2.05, 4.69) is 24.0 Å². The molecule has 3 aromatic rings. The number of benzene rings is 2. The van der Waals surface area contributed by atoms with Crippen LogP contribution in [0.15, 0.2) is 42.6 Å². The number of likely N-dealkylation sites (tertiary alicyclic amines) is 1. The number of aliphatic hydroxyl groups excluding tert-OH is 1. The van der Waals surface area contributed by atoms with Gasteiger partial charge in [0, 0.05) is 31.3 Å². The zero-order chi connectivity index (χ0) is 25.1. The third kappa shape index (κ3) is 5.38. The van der Waals surface area contributed by atoms with Crippen molar-refractivity contribution in [1.29, 1.82) is 5.26 Å². The summed E-state index contributed by atoms with van der Waals surface area (Å²) >= 11 is 1.56. The number of carboxylic acid groups (broad SMARTS) is 1. The van der Waals surface area contributed by atoms with Gasteiger partial charge in [0.1, 0.15) is 22.9 Å². The first-order valence-electron chi connectivity index (χ1n) is 11.7. The van der Waals surface area contributed by atoms with E-state index >= 15 is 0 Å². The monoisotopic (exact) mass is 491 g/mol. The maximum Gasteiger partial charge on any atom is 0.321 e. The standard InChI is InChI=1S/C27H29N3O4S/c1-4-21-18(14-30-15-20(31)11-23(30)27(32)33)6-5-7-22(21)25-13-29-26(35-25)17-8-9-24(34-16(2)3)19(10-17)12-28/h5-10,13,16,20,23,31H,4,11,14-15H2,1-3H3,(H,32,33)/t20-,23+/m1/s1. The lowest BCUT2D eigenvalue weighted by Crippen LogP contribution is -2.35. The fourth-order valence-corrected chi connectivity index (χ4v) is 5.57. The zero-order valence-corrected chi connectivity index (χ0v) is 20.9. The Bertz CT molecular complexity index is 1260. The SMILES string of the molecule is CCc1c(CN2C[C@H](O)C[C@H]2C(=O)O)cccc1-c1cnc(-c2ccc(OC(C)C)c(C#N)c2)s1. The maximum atomic E-state index is 11.7. The van der Waals surface area contributed by atoms with E-state index in [1.807, 2.05) is 55.3 Å². The lowest BCUT2D eigenvalue weighted by molar-refractivity contribution is -0.142. The Morgan fingerprint density at radius 3 is 2.83 bits per heavy atom. The number of aliphatic hydroxyl groups is 1. The number of aliphatic carboxylic acids is 1. The molecule has 1 fully saturated rings. The second kappa shape index (κ2) is 10.6. The van der Waals surface area contributed by atoms with Gasteiger partial charge in [-0.2, -0.15) is 5.26 Å². The van der Waals surface area contributed by atoms with E-state index in [-0.39, 0.29) is 12.5 Å². The summed E-state index contributed by atoms with van der Waals surface area (Å²) in [4.78, 5) is 19.1. The summed E-state index contributed by atoms with van der Waals surface area (Å²) in [6.45, 7) is 6.77. The summed E-state index contributed by atoms with van der Waals surface area (Å²) in [5.41, 5.74) is 4.61. The molecule has 2 heterocycles. The number of nitriles is 1. The minimum absolute atomic E-state index is 0.0197. The maximum absolute atomic E-state index is 11.7. The van der Waals surface area contributed by atoms with Crippen LogP contribution in [-0.4, -0.2) is 50.9 Å². The average Bonchev–Trinajstić information content (AvgIpc) is 3.46. The second-order valence-electron chi connectivity index (χ2n) is 8.99. The Hall–Kier alpha value is -3.25. The van der Waals surface area contributed by atoms with Crippen LogP contribution in [0.4, 0.5) is 0 Å². The van der Waals surface area contributed by atoms with Crippen LogP contribution in [0, 0.1) is 11.3 Å². The van der Waals surface area contributed by atoms with Crippen LogP contribution in [-0.2, 0) is 17.8 Å². The third-order valence-corrected chi connectivity index (χ3v) is 7.23. The number of β-amino-alcohol motifs (C(OH)–C–C–N with tert-alkyl or cyclic N) is 1.